The average molecular weight is 479 g/mol. The van der Waals surface area contributed by atoms with Crippen LogP contribution in [0.2, 0.25) is 10.0 Å². The van der Waals surface area contributed by atoms with Gasteiger partial charge in [-0.25, -0.2) is 0 Å². The number of carbonyl (C=O) groups excluding carboxylic acids is 1. The van der Waals surface area contributed by atoms with Crippen LogP contribution in [0, 0.1) is 13.8 Å². The van der Waals surface area contributed by atoms with Crippen LogP contribution in [0.1, 0.15) is 36.9 Å². The Hall–Kier alpha value is -2.22. The summed E-state index contributed by atoms with van der Waals surface area (Å²) in [7, 11) is 0. The van der Waals surface area contributed by atoms with Crippen molar-refractivity contribution < 1.29 is 9.53 Å². The molecule has 3 aromatic rings. The highest BCUT2D eigenvalue weighted by molar-refractivity contribution is 7.99. The summed E-state index contributed by atoms with van der Waals surface area (Å²) in [5.74, 6) is 1.25. The van der Waals surface area contributed by atoms with Gasteiger partial charge in [-0.05, 0) is 63.1 Å². The van der Waals surface area contributed by atoms with Crippen molar-refractivity contribution in [1.82, 2.24) is 14.8 Å². The zero-order valence-electron chi connectivity index (χ0n) is 17.8. The number of amides is 1. The zero-order chi connectivity index (χ0) is 22.5. The van der Waals surface area contributed by atoms with E-state index in [0.717, 1.165) is 16.8 Å². The summed E-state index contributed by atoms with van der Waals surface area (Å²) < 4.78 is 7.89. The molecule has 3 rings (SSSR count). The lowest BCUT2D eigenvalue weighted by Crippen LogP contribution is -2.15. The molecule has 9 heteroatoms. The Morgan fingerprint density at radius 2 is 1.87 bits per heavy atom. The fourth-order valence-electron chi connectivity index (χ4n) is 3.19. The van der Waals surface area contributed by atoms with Crippen LogP contribution in [0.15, 0.2) is 41.6 Å². The van der Waals surface area contributed by atoms with Gasteiger partial charge in [-0.2, -0.15) is 0 Å². The van der Waals surface area contributed by atoms with Gasteiger partial charge >= 0.3 is 0 Å². The summed E-state index contributed by atoms with van der Waals surface area (Å²) in [6.45, 7) is 8.51. The molecule has 1 heterocycles. The van der Waals surface area contributed by atoms with Gasteiger partial charge in [-0.3, -0.25) is 4.79 Å². The van der Waals surface area contributed by atoms with Crippen molar-refractivity contribution in [3.8, 4) is 5.75 Å². The molecule has 6 nitrogen and oxygen atoms in total. The van der Waals surface area contributed by atoms with E-state index in [2.05, 4.69) is 21.6 Å². The van der Waals surface area contributed by atoms with Crippen LogP contribution >= 0.6 is 35.0 Å². The summed E-state index contributed by atoms with van der Waals surface area (Å²) >= 11 is 13.6. The maximum Gasteiger partial charge on any atom is 0.234 e. The molecular formula is C22H24Cl2N4O2S. The minimum atomic E-state index is -0.401. The Bertz CT molecular complexity index is 1070. The molecule has 164 valence electrons. The van der Waals surface area contributed by atoms with Gasteiger partial charge in [0.15, 0.2) is 17.1 Å². The number of hydrogen-bond acceptors (Lipinski definition) is 5. The number of rotatable bonds is 8. The summed E-state index contributed by atoms with van der Waals surface area (Å²) in [4.78, 5) is 12.4. The molecule has 0 radical (unpaired) electrons. The van der Waals surface area contributed by atoms with Gasteiger partial charge in [-0.1, -0.05) is 41.0 Å². The largest absolute Gasteiger partial charge is 0.481 e. The molecule has 0 aliphatic heterocycles. The topological polar surface area (TPSA) is 69.0 Å². The average Bonchev–Trinajstić information content (AvgIpc) is 3.11. The van der Waals surface area contributed by atoms with Gasteiger partial charge in [0.1, 0.15) is 5.75 Å². The molecule has 0 fully saturated rings. The monoisotopic (exact) mass is 478 g/mol. The van der Waals surface area contributed by atoms with Crippen LogP contribution in [-0.4, -0.2) is 26.4 Å². The number of nitrogens with one attached hydrogen (secondary N) is 1. The lowest BCUT2D eigenvalue weighted by Gasteiger charge is -2.16. The number of carbonyl (C=O) groups is 1. The van der Waals surface area contributed by atoms with E-state index in [1.807, 2.05) is 44.4 Å². The number of thioether (sulfide) groups is 1. The van der Waals surface area contributed by atoms with Gasteiger partial charge in [0.25, 0.3) is 0 Å². The Kier molecular flexibility index (Phi) is 7.86. The van der Waals surface area contributed by atoms with E-state index >= 15 is 0 Å². The molecule has 0 bridgehead atoms. The van der Waals surface area contributed by atoms with Crippen molar-refractivity contribution >= 4 is 46.6 Å². The highest BCUT2D eigenvalue weighted by atomic mass is 35.5. The molecule has 0 saturated heterocycles. The first-order chi connectivity index (χ1) is 14.8. The van der Waals surface area contributed by atoms with Crippen molar-refractivity contribution in [2.75, 3.05) is 11.1 Å². The minimum Gasteiger partial charge on any atom is -0.481 e. The van der Waals surface area contributed by atoms with E-state index in [9.17, 15) is 4.79 Å². The molecule has 0 saturated carbocycles. The second kappa shape index (κ2) is 10.4. The first-order valence-electron chi connectivity index (χ1n) is 9.82. The van der Waals surface area contributed by atoms with Gasteiger partial charge in [0.05, 0.1) is 10.8 Å². The van der Waals surface area contributed by atoms with E-state index in [0.29, 0.717) is 33.3 Å². The molecule has 0 aliphatic carbocycles. The molecule has 1 atom stereocenters. The highest BCUT2D eigenvalue weighted by Crippen LogP contribution is 2.32. The number of anilines is 1. The third-order valence-corrected chi connectivity index (χ3v) is 5.97. The van der Waals surface area contributed by atoms with Crippen molar-refractivity contribution in [3.05, 3.63) is 63.4 Å². The number of aromatic nitrogens is 3. The highest BCUT2D eigenvalue weighted by Gasteiger charge is 2.20. The molecule has 1 aromatic heterocycles. The summed E-state index contributed by atoms with van der Waals surface area (Å²) in [5.41, 5.74) is 3.00. The Morgan fingerprint density at radius 3 is 2.55 bits per heavy atom. The number of halogens is 2. The van der Waals surface area contributed by atoms with Gasteiger partial charge in [0.2, 0.25) is 5.91 Å². The molecule has 1 amide bonds. The van der Waals surface area contributed by atoms with E-state index < -0.39 is 6.10 Å². The summed E-state index contributed by atoms with van der Waals surface area (Å²) in [6, 6.07) is 11.0. The third-order valence-electron chi connectivity index (χ3n) is 4.46. The van der Waals surface area contributed by atoms with Crippen molar-refractivity contribution in [2.45, 2.75) is 45.5 Å². The van der Waals surface area contributed by atoms with E-state index in [1.165, 1.54) is 11.8 Å². The summed E-state index contributed by atoms with van der Waals surface area (Å²) in [5, 5.41) is 13.1. The summed E-state index contributed by atoms with van der Waals surface area (Å²) in [6.07, 6.45) is -0.401. The maximum absolute atomic E-state index is 12.4. The molecule has 2 aromatic carbocycles. The van der Waals surface area contributed by atoms with Crippen LogP contribution in [0.3, 0.4) is 0 Å². The van der Waals surface area contributed by atoms with Crippen LogP contribution in [0.5, 0.6) is 5.75 Å². The molecule has 1 unspecified atom stereocenters. The number of benzene rings is 2. The first-order valence-corrected chi connectivity index (χ1v) is 11.6. The van der Waals surface area contributed by atoms with Crippen molar-refractivity contribution in [3.63, 3.8) is 0 Å². The minimum absolute atomic E-state index is 0.0998. The fraction of sp³-hybridized carbons (Fsp3) is 0.318. The van der Waals surface area contributed by atoms with Crippen molar-refractivity contribution in [2.24, 2.45) is 0 Å². The number of nitrogens with zero attached hydrogens (tertiary/aromatic N) is 3. The Labute approximate surface area is 196 Å². The predicted molar refractivity (Wildman–Crippen MR) is 126 cm³/mol. The van der Waals surface area contributed by atoms with Crippen LogP contribution in [0.25, 0.3) is 0 Å². The quantitative estimate of drug-likeness (QED) is 0.396. The lowest BCUT2D eigenvalue weighted by atomic mass is 10.1. The van der Waals surface area contributed by atoms with Crippen molar-refractivity contribution in [1.29, 1.82) is 0 Å². The van der Waals surface area contributed by atoms with Crippen LogP contribution < -0.4 is 10.1 Å². The predicted octanol–water partition coefficient (Wildman–Crippen LogP) is 6.09. The Morgan fingerprint density at radius 1 is 1.16 bits per heavy atom. The standard InChI is InChI=1S/C22H24Cl2N4O2S/c1-5-28-21(15(4)30-19-11-16(23)6-7-18(19)24)26-27-22(28)31-12-20(29)25-17-9-13(2)8-14(3)10-17/h6-11,15H,5,12H2,1-4H3,(H,25,29). The second-order valence-electron chi connectivity index (χ2n) is 7.13. The van der Waals surface area contributed by atoms with E-state index in [1.54, 1.807) is 18.2 Å². The maximum atomic E-state index is 12.4. The normalized spacial score (nSPS) is 11.9. The van der Waals surface area contributed by atoms with Crippen LogP contribution in [0.4, 0.5) is 5.69 Å². The lowest BCUT2D eigenvalue weighted by molar-refractivity contribution is -0.113. The van der Waals surface area contributed by atoms with E-state index in [-0.39, 0.29) is 11.7 Å². The first kappa shape index (κ1) is 23.4. The molecule has 0 spiro atoms. The molecular weight excluding hydrogens is 455 g/mol. The third kappa shape index (κ3) is 6.15. The second-order valence-corrected chi connectivity index (χ2v) is 8.92. The van der Waals surface area contributed by atoms with E-state index in [4.69, 9.17) is 27.9 Å². The SMILES string of the molecule is CCn1c(SCC(=O)Nc2cc(C)cc(C)c2)nnc1C(C)Oc1cc(Cl)ccc1Cl. The van der Waals surface area contributed by atoms with Gasteiger partial charge in [-0.15, -0.1) is 10.2 Å². The molecule has 1 N–H and O–H groups in total. The number of aryl methyl sites for hydroxylation is 2. The fourth-order valence-corrected chi connectivity index (χ4v) is 4.32. The van der Waals surface area contributed by atoms with Gasteiger partial charge in [0, 0.05) is 23.3 Å². The Balaban J connectivity index is 1.66. The molecule has 0 aliphatic rings. The van der Waals surface area contributed by atoms with Gasteiger partial charge < -0.3 is 14.6 Å². The smallest absolute Gasteiger partial charge is 0.234 e. The van der Waals surface area contributed by atoms with Crippen LogP contribution in [-0.2, 0) is 11.3 Å². The zero-order valence-corrected chi connectivity index (χ0v) is 20.1. The molecule has 31 heavy (non-hydrogen) atoms. The number of ether oxygens (including phenoxy) is 1. The number of hydrogen-bond donors (Lipinski definition) is 1.